The molecule has 0 saturated heterocycles. The van der Waals surface area contributed by atoms with Crippen molar-refractivity contribution in [2.24, 2.45) is 0 Å². The molecule has 6 nitrogen and oxygen atoms in total. The Bertz CT molecular complexity index is 862. The van der Waals surface area contributed by atoms with Gasteiger partial charge in [-0.1, -0.05) is 0 Å². The zero-order valence-corrected chi connectivity index (χ0v) is 15.8. The number of ketones is 1. The van der Waals surface area contributed by atoms with Crippen molar-refractivity contribution in [1.82, 2.24) is 4.90 Å². The number of hydrogen-bond acceptors (Lipinski definition) is 6. The summed E-state index contributed by atoms with van der Waals surface area (Å²) in [4.78, 5) is 15.1. The van der Waals surface area contributed by atoms with Gasteiger partial charge in [0.05, 0.1) is 14.2 Å². The Morgan fingerprint density at radius 2 is 1.96 bits per heavy atom. The number of rotatable bonds is 5. The number of ether oxygens (including phenoxy) is 4. The quantitative estimate of drug-likeness (QED) is 0.754. The lowest BCUT2D eigenvalue weighted by Gasteiger charge is -2.35. The van der Waals surface area contributed by atoms with Crippen LogP contribution in [0.1, 0.15) is 33.9 Å². The summed E-state index contributed by atoms with van der Waals surface area (Å²) in [5.41, 5.74) is 2.86. The molecule has 0 aliphatic carbocycles. The first-order valence-electron chi connectivity index (χ1n) is 8.99. The smallest absolute Gasteiger partial charge is 0.231 e. The van der Waals surface area contributed by atoms with Gasteiger partial charge in [0.15, 0.2) is 17.3 Å². The SMILES string of the molecule is COc1ccc(C(=O)CC2c3c(cc4c(c3OC)OCO4)CCN2C)cc1. The minimum absolute atomic E-state index is 0.0761. The third kappa shape index (κ3) is 3.10. The van der Waals surface area contributed by atoms with Crippen LogP contribution in [0, 0.1) is 0 Å². The molecule has 0 spiro atoms. The summed E-state index contributed by atoms with van der Waals surface area (Å²) < 4.78 is 22.0. The minimum Gasteiger partial charge on any atom is -0.497 e. The molecule has 0 aromatic heterocycles. The molecule has 6 heteroatoms. The van der Waals surface area contributed by atoms with E-state index in [4.69, 9.17) is 18.9 Å². The first kappa shape index (κ1) is 17.7. The molecule has 2 aliphatic heterocycles. The molecule has 142 valence electrons. The summed E-state index contributed by atoms with van der Waals surface area (Å²) in [5, 5.41) is 0. The number of benzene rings is 2. The normalized spacial score (nSPS) is 18.1. The van der Waals surface area contributed by atoms with E-state index in [0.717, 1.165) is 35.6 Å². The second-order valence-corrected chi connectivity index (χ2v) is 6.82. The number of hydrogen-bond donors (Lipinski definition) is 0. The summed E-state index contributed by atoms with van der Waals surface area (Å²) >= 11 is 0. The summed E-state index contributed by atoms with van der Waals surface area (Å²) in [5.74, 6) is 2.85. The van der Waals surface area contributed by atoms with Gasteiger partial charge in [0.2, 0.25) is 12.5 Å². The number of Topliss-reactive ketones (excluding diaryl/α,β-unsaturated/α-hetero) is 1. The van der Waals surface area contributed by atoms with Gasteiger partial charge in [0.25, 0.3) is 0 Å². The van der Waals surface area contributed by atoms with Crippen LogP contribution < -0.4 is 18.9 Å². The molecule has 0 radical (unpaired) electrons. The highest BCUT2D eigenvalue weighted by molar-refractivity contribution is 5.96. The number of carbonyl (C=O) groups is 1. The standard InChI is InChI=1S/C21H23NO5/c1-22-9-8-14-10-18-20(27-12-26-18)21(25-3)19(14)16(22)11-17(23)13-4-6-15(24-2)7-5-13/h4-7,10,16H,8-9,11-12H2,1-3H3. The molecule has 2 aliphatic rings. The number of carbonyl (C=O) groups excluding carboxylic acids is 1. The topological polar surface area (TPSA) is 57.2 Å². The molecular formula is C21H23NO5. The molecule has 0 saturated carbocycles. The lowest BCUT2D eigenvalue weighted by atomic mass is 9.87. The Morgan fingerprint density at radius 1 is 1.19 bits per heavy atom. The van der Waals surface area contributed by atoms with Crippen molar-refractivity contribution < 1.29 is 23.7 Å². The molecule has 2 aromatic rings. The van der Waals surface area contributed by atoms with Gasteiger partial charge < -0.3 is 18.9 Å². The van der Waals surface area contributed by atoms with Crippen LogP contribution in [0.5, 0.6) is 23.0 Å². The van der Waals surface area contributed by atoms with E-state index in [1.165, 1.54) is 0 Å². The van der Waals surface area contributed by atoms with E-state index in [1.807, 2.05) is 37.4 Å². The number of likely N-dealkylation sites (N-methyl/N-ethyl adjacent to an activating group) is 1. The Balaban J connectivity index is 1.68. The van der Waals surface area contributed by atoms with Gasteiger partial charge in [-0.15, -0.1) is 0 Å². The van der Waals surface area contributed by atoms with Gasteiger partial charge in [-0.3, -0.25) is 9.69 Å². The van der Waals surface area contributed by atoms with Gasteiger partial charge in [0, 0.05) is 30.1 Å². The molecule has 0 bridgehead atoms. The van der Waals surface area contributed by atoms with E-state index in [0.29, 0.717) is 23.5 Å². The number of nitrogens with zero attached hydrogens (tertiary/aromatic N) is 1. The first-order chi connectivity index (χ1) is 13.1. The third-order valence-corrected chi connectivity index (χ3v) is 5.34. The maximum Gasteiger partial charge on any atom is 0.231 e. The van der Waals surface area contributed by atoms with Gasteiger partial charge in [0.1, 0.15) is 5.75 Å². The van der Waals surface area contributed by atoms with Crippen molar-refractivity contribution in [2.45, 2.75) is 18.9 Å². The van der Waals surface area contributed by atoms with Gasteiger partial charge in [-0.2, -0.15) is 0 Å². The Kier molecular flexibility index (Phi) is 4.66. The van der Waals surface area contributed by atoms with E-state index in [-0.39, 0.29) is 18.6 Å². The molecule has 27 heavy (non-hydrogen) atoms. The van der Waals surface area contributed by atoms with Crippen LogP contribution >= 0.6 is 0 Å². The van der Waals surface area contributed by atoms with Gasteiger partial charge >= 0.3 is 0 Å². The molecule has 2 aromatic carbocycles. The summed E-state index contributed by atoms with van der Waals surface area (Å²) in [6.45, 7) is 1.07. The average molecular weight is 369 g/mol. The second-order valence-electron chi connectivity index (χ2n) is 6.82. The molecule has 2 heterocycles. The van der Waals surface area contributed by atoms with Gasteiger partial charge in [-0.05, 0) is 49.4 Å². The van der Waals surface area contributed by atoms with E-state index < -0.39 is 0 Å². The maximum atomic E-state index is 12.9. The number of fused-ring (bicyclic) bond motifs is 2. The maximum absolute atomic E-state index is 12.9. The minimum atomic E-state index is -0.0761. The molecule has 1 atom stereocenters. The summed E-state index contributed by atoms with van der Waals surface area (Å²) in [7, 11) is 5.29. The molecule has 1 unspecified atom stereocenters. The zero-order chi connectivity index (χ0) is 19.0. The van der Waals surface area contributed by atoms with Crippen LogP contribution in [0.4, 0.5) is 0 Å². The second kappa shape index (κ2) is 7.12. The van der Waals surface area contributed by atoms with Crippen LogP contribution in [0.15, 0.2) is 30.3 Å². The first-order valence-corrected chi connectivity index (χ1v) is 8.99. The Hall–Kier alpha value is -2.73. The van der Waals surface area contributed by atoms with E-state index in [9.17, 15) is 4.79 Å². The highest BCUT2D eigenvalue weighted by Gasteiger charge is 2.35. The van der Waals surface area contributed by atoms with Crippen molar-refractivity contribution in [3.05, 3.63) is 47.0 Å². The molecular weight excluding hydrogens is 346 g/mol. The van der Waals surface area contributed by atoms with Crippen LogP contribution in [-0.2, 0) is 6.42 Å². The number of methoxy groups -OCH3 is 2. The predicted molar refractivity (Wildman–Crippen MR) is 100 cm³/mol. The molecule has 0 amide bonds. The van der Waals surface area contributed by atoms with Crippen LogP contribution in [0.25, 0.3) is 0 Å². The largest absolute Gasteiger partial charge is 0.497 e. The van der Waals surface area contributed by atoms with Crippen molar-refractivity contribution in [3.8, 4) is 23.0 Å². The van der Waals surface area contributed by atoms with E-state index in [2.05, 4.69) is 4.90 Å². The Morgan fingerprint density at radius 3 is 2.67 bits per heavy atom. The van der Waals surface area contributed by atoms with Crippen LogP contribution in [0.2, 0.25) is 0 Å². The highest BCUT2D eigenvalue weighted by atomic mass is 16.7. The van der Waals surface area contributed by atoms with Crippen molar-refractivity contribution in [2.75, 3.05) is 34.6 Å². The summed E-state index contributed by atoms with van der Waals surface area (Å²) in [6, 6.07) is 9.18. The van der Waals surface area contributed by atoms with Gasteiger partial charge in [-0.25, -0.2) is 0 Å². The Labute approximate surface area is 158 Å². The fourth-order valence-electron chi connectivity index (χ4n) is 3.85. The lowest BCUT2D eigenvalue weighted by molar-refractivity contribution is 0.0925. The van der Waals surface area contributed by atoms with Crippen molar-refractivity contribution >= 4 is 5.78 Å². The molecule has 0 N–H and O–H groups in total. The van der Waals surface area contributed by atoms with Crippen LogP contribution in [0.3, 0.4) is 0 Å². The fourth-order valence-corrected chi connectivity index (χ4v) is 3.85. The molecule has 4 rings (SSSR count). The monoisotopic (exact) mass is 369 g/mol. The van der Waals surface area contributed by atoms with E-state index >= 15 is 0 Å². The summed E-state index contributed by atoms with van der Waals surface area (Å²) in [6.07, 6.45) is 1.25. The van der Waals surface area contributed by atoms with Crippen molar-refractivity contribution in [1.29, 1.82) is 0 Å². The predicted octanol–water partition coefficient (Wildman–Crippen LogP) is 3.23. The molecule has 0 fully saturated rings. The van der Waals surface area contributed by atoms with Crippen molar-refractivity contribution in [3.63, 3.8) is 0 Å². The fraction of sp³-hybridized carbons (Fsp3) is 0.381. The van der Waals surface area contributed by atoms with Crippen LogP contribution in [-0.4, -0.2) is 45.3 Å². The highest BCUT2D eigenvalue weighted by Crippen LogP contribution is 2.50. The third-order valence-electron chi connectivity index (χ3n) is 5.34. The zero-order valence-electron chi connectivity index (χ0n) is 15.8. The van der Waals surface area contributed by atoms with E-state index in [1.54, 1.807) is 14.2 Å². The average Bonchev–Trinajstić information content (AvgIpc) is 3.16. The lowest BCUT2D eigenvalue weighted by Crippen LogP contribution is -2.34.